The van der Waals surface area contributed by atoms with Gasteiger partial charge in [-0.2, -0.15) is 0 Å². The van der Waals surface area contributed by atoms with E-state index in [1.54, 1.807) is 24.3 Å². The molecule has 0 unspecified atom stereocenters. The molecule has 0 saturated carbocycles. The van der Waals surface area contributed by atoms with E-state index in [0.29, 0.717) is 17.9 Å². The minimum absolute atomic E-state index is 0.00709. The number of Topliss-reactive ketones (excluding diaryl/α,β-unsaturated/α-hetero) is 1. The second-order valence-electron chi connectivity index (χ2n) is 11.3. The Morgan fingerprint density at radius 2 is 1.90 bits per heavy atom. The van der Waals surface area contributed by atoms with Crippen LogP contribution in [0, 0.1) is 11.2 Å². The second kappa shape index (κ2) is 10.7. The van der Waals surface area contributed by atoms with Crippen LogP contribution in [0.2, 0.25) is 0 Å². The number of carbonyl (C=O) groups excluding carboxylic acids is 2. The Morgan fingerprint density at radius 3 is 2.64 bits per heavy atom. The van der Waals surface area contributed by atoms with Crippen molar-refractivity contribution >= 4 is 23.1 Å². The van der Waals surface area contributed by atoms with Crippen molar-refractivity contribution in [3.05, 3.63) is 119 Å². The molecule has 1 aliphatic heterocycles. The smallest absolute Gasteiger partial charge is 0.279 e. The summed E-state index contributed by atoms with van der Waals surface area (Å²) >= 11 is 0. The first-order chi connectivity index (χ1) is 20.2. The molecule has 1 amide bonds. The number of rotatable bonds is 5. The topological polar surface area (TPSA) is 105 Å². The number of carbonyl (C=O) groups is 2. The van der Waals surface area contributed by atoms with Crippen molar-refractivity contribution in [3.8, 4) is 11.5 Å². The number of hydrogen-bond donors (Lipinski definition) is 2. The molecule has 1 aromatic heterocycles. The van der Waals surface area contributed by atoms with Gasteiger partial charge < -0.3 is 15.2 Å². The van der Waals surface area contributed by atoms with Gasteiger partial charge in [0.25, 0.3) is 5.91 Å². The number of anilines is 2. The van der Waals surface area contributed by atoms with Crippen LogP contribution >= 0.6 is 0 Å². The van der Waals surface area contributed by atoms with Crippen LogP contribution in [-0.4, -0.2) is 26.8 Å². The molecule has 2 aliphatic rings. The third-order valence-corrected chi connectivity index (χ3v) is 7.52. The van der Waals surface area contributed by atoms with Gasteiger partial charge in [-0.05, 0) is 41.7 Å². The second-order valence-corrected chi connectivity index (χ2v) is 11.3. The molecule has 212 valence electrons. The van der Waals surface area contributed by atoms with Crippen molar-refractivity contribution in [1.29, 1.82) is 0 Å². The number of ether oxygens (including phenoxy) is 1. The highest BCUT2D eigenvalue weighted by atomic mass is 19.1. The molecule has 3 aromatic carbocycles. The number of nitrogens with one attached hydrogen (secondary N) is 1. The van der Waals surface area contributed by atoms with Gasteiger partial charge in [0.05, 0.1) is 17.9 Å². The van der Waals surface area contributed by atoms with Gasteiger partial charge >= 0.3 is 0 Å². The largest absolute Gasteiger partial charge is 0.506 e. The van der Waals surface area contributed by atoms with E-state index in [2.05, 4.69) is 15.3 Å². The summed E-state index contributed by atoms with van der Waals surface area (Å²) in [5.74, 6) is -1.26. The molecule has 0 fully saturated rings. The van der Waals surface area contributed by atoms with Crippen molar-refractivity contribution in [2.45, 2.75) is 39.3 Å². The number of halogens is 1. The maximum Gasteiger partial charge on any atom is 0.279 e. The molecule has 0 spiro atoms. The average Bonchev–Trinajstić information content (AvgIpc) is 3.11. The number of ketones is 1. The Kier molecular flexibility index (Phi) is 6.94. The normalized spacial score (nSPS) is 17.5. The van der Waals surface area contributed by atoms with Gasteiger partial charge in [-0.3, -0.25) is 19.5 Å². The zero-order chi connectivity index (χ0) is 29.4. The standard InChI is InChI=1S/C33H29FN4O4/c1-33(2)16-24-29(28(40)17-33)31(22-12-11-21(15-23(22)34)42-19-20-7-4-3-5-8-20)38(32(41)25-18-35-13-14-36-25)26-9-6-10-27(39)30(26)37-24/h3-15,18,31,37,39H,16-17,19H2,1-2H3/t31-/m0/s1. The lowest BCUT2D eigenvalue weighted by atomic mass is 9.73. The minimum atomic E-state index is -1.16. The molecule has 0 saturated heterocycles. The number of fused-ring (bicyclic) bond motifs is 1. The summed E-state index contributed by atoms with van der Waals surface area (Å²) in [5, 5.41) is 14.2. The van der Waals surface area contributed by atoms with Crippen LogP contribution in [0.15, 0.2) is 96.6 Å². The van der Waals surface area contributed by atoms with E-state index < -0.39 is 23.2 Å². The van der Waals surface area contributed by atoms with Crippen LogP contribution in [-0.2, 0) is 11.4 Å². The van der Waals surface area contributed by atoms with Crippen LogP contribution in [0.25, 0.3) is 0 Å². The molecule has 6 rings (SSSR count). The van der Waals surface area contributed by atoms with Crippen molar-refractivity contribution < 1.29 is 23.8 Å². The van der Waals surface area contributed by atoms with Gasteiger partial charge in [-0.1, -0.05) is 50.2 Å². The molecule has 2 heterocycles. The number of phenolic OH excluding ortho intramolecular Hbond substituents is 1. The number of amides is 1. The van der Waals surface area contributed by atoms with Crippen LogP contribution < -0.4 is 15.0 Å². The highest BCUT2D eigenvalue weighted by Crippen LogP contribution is 2.51. The quantitative estimate of drug-likeness (QED) is 0.272. The van der Waals surface area contributed by atoms with Gasteiger partial charge in [-0.15, -0.1) is 0 Å². The van der Waals surface area contributed by atoms with Crippen LogP contribution in [0.4, 0.5) is 15.8 Å². The first-order valence-corrected chi connectivity index (χ1v) is 13.6. The molecule has 42 heavy (non-hydrogen) atoms. The molecule has 4 aromatic rings. The number of phenols is 1. The van der Waals surface area contributed by atoms with Crippen LogP contribution in [0.3, 0.4) is 0 Å². The number of allylic oxidation sites excluding steroid dienone is 1. The van der Waals surface area contributed by atoms with Crippen molar-refractivity contribution in [1.82, 2.24) is 9.97 Å². The lowest BCUT2D eigenvalue weighted by molar-refractivity contribution is -0.118. The molecule has 9 heteroatoms. The molecule has 1 aliphatic carbocycles. The number of benzene rings is 3. The Bertz CT molecular complexity index is 1710. The Labute approximate surface area is 242 Å². The molecule has 1 atom stereocenters. The molecular formula is C33H29FN4O4. The van der Waals surface area contributed by atoms with E-state index in [9.17, 15) is 14.7 Å². The lowest BCUT2D eigenvalue weighted by Crippen LogP contribution is -2.40. The molecule has 0 bridgehead atoms. The third-order valence-electron chi connectivity index (χ3n) is 7.52. The highest BCUT2D eigenvalue weighted by Gasteiger charge is 2.45. The SMILES string of the molecule is CC1(C)CC(=O)C2=C(C1)Nc1c(O)cccc1N(C(=O)c1cnccn1)[C@H]2c1ccc(OCc2ccccc2)cc1F. The fraction of sp³-hybridized carbons (Fsp3) is 0.212. The summed E-state index contributed by atoms with van der Waals surface area (Å²) in [6.07, 6.45) is 4.81. The Morgan fingerprint density at radius 1 is 1.10 bits per heavy atom. The van der Waals surface area contributed by atoms with E-state index in [0.717, 1.165) is 5.56 Å². The van der Waals surface area contributed by atoms with Gasteiger partial charge in [0.1, 0.15) is 35.3 Å². The van der Waals surface area contributed by atoms with Gasteiger partial charge in [0, 0.05) is 41.7 Å². The summed E-state index contributed by atoms with van der Waals surface area (Å²) in [7, 11) is 0. The average molecular weight is 565 g/mol. The fourth-order valence-corrected chi connectivity index (χ4v) is 5.65. The van der Waals surface area contributed by atoms with Crippen molar-refractivity contribution in [2.24, 2.45) is 5.41 Å². The monoisotopic (exact) mass is 564 g/mol. The third kappa shape index (κ3) is 5.09. The Balaban J connectivity index is 1.52. The number of aromatic nitrogens is 2. The lowest BCUT2D eigenvalue weighted by Gasteiger charge is -2.37. The first-order valence-electron chi connectivity index (χ1n) is 13.6. The molecule has 2 N–H and O–H groups in total. The molecule has 8 nitrogen and oxygen atoms in total. The fourth-order valence-electron chi connectivity index (χ4n) is 5.65. The summed E-state index contributed by atoms with van der Waals surface area (Å²) < 4.78 is 22.0. The summed E-state index contributed by atoms with van der Waals surface area (Å²) in [6, 6.07) is 17.5. The minimum Gasteiger partial charge on any atom is -0.506 e. The maximum absolute atomic E-state index is 16.2. The Hall–Kier alpha value is -5.05. The van der Waals surface area contributed by atoms with E-state index in [1.165, 1.54) is 35.6 Å². The van der Waals surface area contributed by atoms with E-state index >= 15 is 4.39 Å². The molecular weight excluding hydrogens is 535 g/mol. The van der Waals surface area contributed by atoms with Crippen LogP contribution in [0.1, 0.15) is 54.3 Å². The number of nitrogens with zero attached hydrogens (tertiary/aromatic N) is 3. The van der Waals surface area contributed by atoms with E-state index in [1.807, 2.05) is 44.2 Å². The van der Waals surface area contributed by atoms with E-state index in [-0.39, 0.29) is 52.8 Å². The zero-order valence-electron chi connectivity index (χ0n) is 23.2. The van der Waals surface area contributed by atoms with E-state index in [4.69, 9.17) is 4.74 Å². The van der Waals surface area contributed by atoms with Crippen LogP contribution in [0.5, 0.6) is 11.5 Å². The summed E-state index contributed by atoms with van der Waals surface area (Å²) in [5.41, 5.74) is 1.97. The van der Waals surface area contributed by atoms with Crippen molar-refractivity contribution in [2.75, 3.05) is 10.2 Å². The summed E-state index contributed by atoms with van der Waals surface area (Å²) in [6.45, 7) is 4.20. The predicted molar refractivity (Wildman–Crippen MR) is 156 cm³/mol. The predicted octanol–water partition coefficient (Wildman–Crippen LogP) is 6.36. The zero-order valence-corrected chi connectivity index (χ0v) is 23.2. The molecule has 0 radical (unpaired) electrons. The van der Waals surface area contributed by atoms with Gasteiger partial charge in [0.15, 0.2) is 5.78 Å². The number of para-hydroxylation sites is 1. The first kappa shape index (κ1) is 27.1. The summed E-state index contributed by atoms with van der Waals surface area (Å²) in [4.78, 5) is 37.6. The van der Waals surface area contributed by atoms with Gasteiger partial charge in [-0.25, -0.2) is 9.37 Å². The maximum atomic E-state index is 16.2. The van der Waals surface area contributed by atoms with Crippen molar-refractivity contribution in [3.63, 3.8) is 0 Å². The van der Waals surface area contributed by atoms with Gasteiger partial charge in [0.2, 0.25) is 0 Å². The highest BCUT2D eigenvalue weighted by molar-refractivity contribution is 6.11. The number of aromatic hydroxyl groups is 1. The number of hydrogen-bond acceptors (Lipinski definition) is 7.